The minimum absolute atomic E-state index is 0.0802. The third-order valence-electron chi connectivity index (χ3n) is 4.08. The van der Waals surface area contributed by atoms with Crippen molar-refractivity contribution in [3.63, 3.8) is 0 Å². The average molecular weight is 407 g/mol. The molecule has 0 aliphatic rings. The largest absolute Gasteiger partial charge is 0.446 e. The van der Waals surface area contributed by atoms with Crippen LogP contribution in [0.5, 0.6) is 0 Å². The van der Waals surface area contributed by atoms with Crippen LogP contribution in [0.25, 0.3) is 0 Å². The molecule has 1 N–H and O–H groups in total. The minimum Gasteiger partial charge on any atom is -0.446 e. The van der Waals surface area contributed by atoms with E-state index in [-0.39, 0.29) is 29.9 Å². The lowest BCUT2D eigenvalue weighted by molar-refractivity contribution is 0.0707. The van der Waals surface area contributed by atoms with Crippen molar-refractivity contribution < 1.29 is 27.9 Å². The van der Waals surface area contributed by atoms with Crippen molar-refractivity contribution in [2.24, 2.45) is 0 Å². The van der Waals surface area contributed by atoms with Crippen molar-refractivity contribution in [3.8, 4) is 0 Å². The standard InChI is InChI=1S/C20H26FN3O5/c1-27-11-3-9-22-19(25)17-14-29-18(23-17)13-24(10-4-12-28-2)20(26)15-5-7-16(21)8-6-15/h5-8,14H,3-4,9-13H2,1-2H3,(H,22,25). The summed E-state index contributed by atoms with van der Waals surface area (Å²) in [5.41, 5.74) is 0.495. The highest BCUT2D eigenvalue weighted by atomic mass is 19.1. The van der Waals surface area contributed by atoms with E-state index in [2.05, 4.69) is 10.3 Å². The van der Waals surface area contributed by atoms with E-state index in [1.165, 1.54) is 35.4 Å². The lowest BCUT2D eigenvalue weighted by Gasteiger charge is -2.21. The molecule has 2 amide bonds. The third-order valence-corrected chi connectivity index (χ3v) is 4.08. The first-order valence-electron chi connectivity index (χ1n) is 9.30. The number of aromatic nitrogens is 1. The van der Waals surface area contributed by atoms with E-state index in [1.807, 2.05) is 0 Å². The van der Waals surface area contributed by atoms with Crippen LogP contribution in [-0.4, -0.2) is 62.2 Å². The molecule has 0 radical (unpaired) electrons. The first-order chi connectivity index (χ1) is 14.0. The van der Waals surface area contributed by atoms with Gasteiger partial charge in [-0.2, -0.15) is 0 Å². The molecule has 1 heterocycles. The Kier molecular flexibility index (Phi) is 9.26. The Morgan fingerprint density at radius 1 is 1.14 bits per heavy atom. The maximum atomic E-state index is 13.1. The predicted molar refractivity (Wildman–Crippen MR) is 103 cm³/mol. The number of nitrogens with zero attached hydrogens (tertiary/aromatic N) is 2. The zero-order valence-electron chi connectivity index (χ0n) is 16.7. The molecule has 0 aliphatic carbocycles. The Labute approximate surface area is 169 Å². The topological polar surface area (TPSA) is 93.9 Å². The van der Waals surface area contributed by atoms with Crippen LogP contribution < -0.4 is 5.32 Å². The molecule has 0 unspecified atom stereocenters. The van der Waals surface area contributed by atoms with Gasteiger partial charge < -0.3 is 24.1 Å². The van der Waals surface area contributed by atoms with Gasteiger partial charge in [-0.15, -0.1) is 0 Å². The molecule has 1 aromatic carbocycles. The van der Waals surface area contributed by atoms with Gasteiger partial charge >= 0.3 is 0 Å². The quantitative estimate of drug-likeness (QED) is 0.543. The molecule has 1 aromatic heterocycles. The fraction of sp³-hybridized carbons (Fsp3) is 0.450. The van der Waals surface area contributed by atoms with Crippen molar-refractivity contribution in [1.29, 1.82) is 0 Å². The van der Waals surface area contributed by atoms with E-state index < -0.39 is 5.82 Å². The number of rotatable bonds is 12. The Morgan fingerprint density at radius 2 is 1.83 bits per heavy atom. The van der Waals surface area contributed by atoms with Crippen LogP contribution in [0.3, 0.4) is 0 Å². The molecule has 2 rings (SSSR count). The Hall–Kier alpha value is -2.78. The summed E-state index contributed by atoms with van der Waals surface area (Å²) in [6.07, 6.45) is 2.56. The molecule has 0 saturated carbocycles. The highest BCUT2D eigenvalue weighted by Crippen LogP contribution is 2.12. The molecule has 0 saturated heterocycles. The number of carbonyl (C=O) groups excluding carboxylic acids is 2. The highest BCUT2D eigenvalue weighted by molar-refractivity contribution is 5.94. The number of hydrogen-bond donors (Lipinski definition) is 1. The number of methoxy groups -OCH3 is 2. The molecular weight excluding hydrogens is 381 g/mol. The number of oxazole rings is 1. The molecule has 9 heteroatoms. The number of nitrogens with one attached hydrogen (secondary N) is 1. The maximum absolute atomic E-state index is 13.1. The van der Waals surface area contributed by atoms with Gasteiger partial charge in [0.05, 0.1) is 6.54 Å². The number of carbonyl (C=O) groups is 2. The van der Waals surface area contributed by atoms with Gasteiger partial charge in [0.2, 0.25) is 5.89 Å². The van der Waals surface area contributed by atoms with E-state index >= 15 is 0 Å². The fourth-order valence-electron chi connectivity index (χ4n) is 2.59. The lowest BCUT2D eigenvalue weighted by Crippen LogP contribution is -2.32. The van der Waals surface area contributed by atoms with Crippen LogP contribution in [0.1, 0.15) is 39.6 Å². The zero-order valence-corrected chi connectivity index (χ0v) is 16.7. The van der Waals surface area contributed by atoms with Gasteiger partial charge in [-0.3, -0.25) is 9.59 Å². The molecule has 0 aliphatic heterocycles. The number of halogens is 1. The van der Waals surface area contributed by atoms with Crippen LogP contribution in [-0.2, 0) is 16.0 Å². The van der Waals surface area contributed by atoms with Gasteiger partial charge in [0.15, 0.2) is 5.69 Å². The maximum Gasteiger partial charge on any atom is 0.273 e. The fourth-order valence-corrected chi connectivity index (χ4v) is 2.59. The number of hydrogen-bond acceptors (Lipinski definition) is 6. The summed E-state index contributed by atoms with van der Waals surface area (Å²) in [4.78, 5) is 30.6. The SMILES string of the molecule is COCCCNC(=O)c1coc(CN(CCCOC)C(=O)c2ccc(F)cc2)n1. The molecule has 29 heavy (non-hydrogen) atoms. The van der Waals surface area contributed by atoms with E-state index in [9.17, 15) is 14.0 Å². The van der Waals surface area contributed by atoms with Crippen LogP contribution in [0, 0.1) is 5.82 Å². The van der Waals surface area contributed by atoms with E-state index in [0.29, 0.717) is 44.7 Å². The molecule has 2 aromatic rings. The second kappa shape index (κ2) is 11.9. The third kappa shape index (κ3) is 7.28. The van der Waals surface area contributed by atoms with Crippen molar-refractivity contribution in [3.05, 3.63) is 53.5 Å². The predicted octanol–water partition coefficient (Wildman–Crippen LogP) is 2.26. The summed E-state index contributed by atoms with van der Waals surface area (Å²) in [5.74, 6) is -0.821. The number of amides is 2. The summed E-state index contributed by atoms with van der Waals surface area (Å²) < 4.78 is 28.5. The smallest absolute Gasteiger partial charge is 0.273 e. The van der Waals surface area contributed by atoms with Crippen LogP contribution in [0.15, 0.2) is 34.9 Å². The van der Waals surface area contributed by atoms with Crippen molar-refractivity contribution in [2.45, 2.75) is 19.4 Å². The first kappa shape index (κ1) is 22.5. The van der Waals surface area contributed by atoms with Gasteiger partial charge in [-0.1, -0.05) is 0 Å². The lowest BCUT2D eigenvalue weighted by atomic mass is 10.2. The molecule has 0 atom stereocenters. The first-order valence-corrected chi connectivity index (χ1v) is 9.30. The van der Waals surface area contributed by atoms with Crippen LogP contribution in [0.4, 0.5) is 4.39 Å². The van der Waals surface area contributed by atoms with Crippen molar-refractivity contribution >= 4 is 11.8 Å². The molecule has 8 nitrogen and oxygen atoms in total. The molecule has 0 spiro atoms. The number of benzene rings is 1. The molecule has 0 bridgehead atoms. The minimum atomic E-state index is -0.415. The Bertz CT molecular complexity index is 779. The number of ether oxygens (including phenoxy) is 2. The Morgan fingerprint density at radius 3 is 2.52 bits per heavy atom. The van der Waals surface area contributed by atoms with Gasteiger partial charge in [-0.05, 0) is 37.1 Å². The summed E-state index contributed by atoms with van der Waals surface area (Å²) in [7, 11) is 3.18. The van der Waals surface area contributed by atoms with Gasteiger partial charge in [0, 0.05) is 46.1 Å². The second-order valence-corrected chi connectivity index (χ2v) is 6.31. The summed E-state index contributed by atoms with van der Waals surface area (Å²) in [6, 6.07) is 5.32. The van der Waals surface area contributed by atoms with Gasteiger partial charge in [0.25, 0.3) is 11.8 Å². The van der Waals surface area contributed by atoms with Gasteiger partial charge in [-0.25, -0.2) is 9.37 Å². The normalized spacial score (nSPS) is 10.7. The summed E-state index contributed by atoms with van der Waals surface area (Å²) in [6.45, 7) is 1.96. The van der Waals surface area contributed by atoms with E-state index in [0.717, 1.165) is 0 Å². The van der Waals surface area contributed by atoms with Crippen LogP contribution in [0.2, 0.25) is 0 Å². The van der Waals surface area contributed by atoms with Crippen molar-refractivity contribution in [2.75, 3.05) is 40.5 Å². The zero-order chi connectivity index (χ0) is 21.1. The summed E-state index contributed by atoms with van der Waals surface area (Å²) in [5, 5.41) is 2.72. The van der Waals surface area contributed by atoms with Crippen LogP contribution >= 0.6 is 0 Å². The second-order valence-electron chi connectivity index (χ2n) is 6.31. The van der Waals surface area contributed by atoms with E-state index in [1.54, 1.807) is 14.2 Å². The van der Waals surface area contributed by atoms with E-state index in [4.69, 9.17) is 13.9 Å². The highest BCUT2D eigenvalue weighted by Gasteiger charge is 2.20. The van der Waals surface area contributed by atoms with Gasteiger partial charge in [0.1, 0.15) is 12.1 Å². The summed E-state index contributed by atoms with van der Waals surface area (Å²) >= 11 is 0. The Balaban J connectivity index is 2.02. The molecular formula is C20H26FN3O5. The average Bonchev–Trinajstić information content (AvgIpc) is 3.19. The molecule has 0 fully saturated rings. The monoisotopic (exact) mass is 407 g/mol. The molecule has 158 valence electrons. The van der Waals surface area contributed by atoms with Crippen molar-refractivity contribution in [1.82, 2.24) is 15.2 Å².